The zero-order valence-electron chi connectivity index (χ0n) is 8.00. The fraction of sp³-hybridized carbons (Fsp3) is 0.273. The molecule has 1 N–H and O–H groups in total. The van der Waals surface area contributed by atoms with Crippen molar-refractivity contribution in [3.63, 3.8) is 0 Å². The third-order valence-electron chi connectivity index (χ3n) is 2.67. The molecule has 0 amide bonds. The summed E-state index contributed by atoms with van der Waals surface area (Å²) < 4.78 is 6.28. The van der Waals surface area contributed by atoms with Crippen LogP contribution in [0.3, 0.4) is 0 Å². The first-order valence-corrected chi connectivity index (χ1v) is 6.09. The number of furan rings is 1. The van der Waals surface area contributed by atoms with Gasteiger partial charge in [0.2, 0.25) is 0 Å². The van der Waals surface area contributed by atoms with Gasteiger partial charge in [-0.25, -0.2) is 0 Å². The first-order chi connectivity index (χ1) is 7.34. The maximum absolute atomic E-state index is 5.95. The average molecular weight is 240 g/mol. The summed E-state index contributed by atoms with van der Waals surface area (Å²) in [6.07, 6.45) is 2.73. The number of hydrogen-bond donors (Lipinski definition) is 1. The normalized spacial score (nSPS) is 20.2. The summed E-state index contributed by atoms with van der Waals surface area (Å²) in [4.78, 5) is 1.25. The Labute approximate surface area is 96.9 Å². The molecule has 1 aliphatic heterocycles. The van der Waals surface area contributed by atoms with Gasteiger partial charge in [0, 0.05) is 23.4 Å². The zero-order chi connectivity index (χ0) is 10.3. The van der Waals surface area contributed by atoms with Crippen LogP contribution in [0.1, 0.15) is 22.2 Å². The van der Waals surface area contributed by atoms with Crippen LogP contribution >= 0.6 is 22.9 Å². The Kier molecular flexibility index (Phi) is 2.31. The first kappa shape index (κ1) is 9.46. The van der Waals surface area contributed by atoms with Crippen LogP contribution in [0.2, 0.25) is 4.34 Å². The lowest BCUT2D eigenvalue weighted by atomic mass is 10.0. The number of nitrogens with one attached hydrogen (secondary N) is 1. The number of rotatable bonds is 1. The lowest BCUT2D eigenvalue weighted by Crippen LogP contribution is -2.28. The van der Waals surface area contributed by atoms with Gasteiger partial charge < -0.3 is 9.73 Å². The van der Waals surface area contributed by atoms with E-state index in [1.807, 2.05) is 12.1 Å². The molecule has 1 atom stereocenters. The quantitative estimate of drug-likeness (QED) is 0.827. The molecule has 3 rings (SSSR count). The lowest BCUT2D eigenvalue weighted by Gasteiger charge is -2.22. The van der Waals surface area contributed by atoms with Crippen molar-refractivity contribution in [2.45, 2.75) is 12.5 Å². The SMILES string of the molecule is Clc1ccc(C2NCCc3occc32)s1. The van der Waals surface area contributed by atoms with E-state index in [0.29, 0.717) is 0 Å². The number of thiophene rings is 1. The van der Waals surface area contributed by atoms with E-state index in [1.54, 1.807) is 17.6 Å². The van der Waals surface area contributed by atoms with E-state index in [9.17, 15) is 0 Å². The Hall–Kier alpha value is -0.770. The molecule has 1 unspecified atom stereocenters. The third-order valence-corrected chi connectivity index (χ3v) is 3.97. The molecule has 2 aromatic rings. The monoisotopic (exact) mass is 239 g/mol. The molecule has 0 saturated heterocycles. The van der Waals surface area contributed by atoms with E-state index >= 15 is 0 Å². The Morgan fingerprint density at radius 2 is 2.33 bits per heavy atom. The van der Waals surface area contributed by atoms with E-state index in [4.69, 9.17) is 16.0 Å². The van der Waals surface area contributed by atoms with Gasteiger partial charge in [0.25, 0.3) is 0 Å². The maximum Gasteiger partial charge on any atom is 0.110 e. The molecule has 0 aromatic carbocycles. The molecule has 78 valence electrons. The van der Waals surface area contributed by atoms with Gasteiger partial charge in [-0.05, 0) is 18.2 Å². The molecule has 1 aliphatic rings. The largest absolute Gasteiger partial charge is 0.469 e. The van der Waals surface area contributed by atoms with Gasteiger partial charge in [0.15, 0.2) is 0 Å². The van der Waals surface area contributed by atoms with E-state index < -0.39 is 0 Å². The highest BCUT2D eigenvalue weighted by molar-refractivity contribution is 7.16. The van der Waals surface area contributed by atoms with Crippen molar-refractivity contribution in [1.82, 2.24) is 5.32 Å². The molecule has 15 heavy (non-hydrogen) atoms. The fourth-order valence-corrected chi connectivity index (χ4v) is 3.14. The third kappa shape index (κ3) is 1.61. The highest BCUT2D eigenvalue weighted by atomic mass is 35.5. The molecule has 0 radical (unpaired) electrons. The Morgan fingerprint density at radius 1 is 1.40 bits per heavy atom. The number of halogens is 1. The Balaban J connectivity index is 2.02. The van der Waals surface area contributed by atoms with Crippen LogP contribution in [-0.2, 0) is 6.42 Å². The van der Waals surface area contributed by atoms with E-state index in [0.717, 1.165) is 23.1 Å². The molecule has 0 bridgehead atoms. The minimum Gasteiger partial charge on any atom is -0.469 e. The first-order valence-electron chi connectivity index (χ1n) is 4.89. The second-order valence-corrected chi connectivity index (χ2v) is 5.32. The van der Waals surface area contributed by atoms with Gasteiger partial charge in [-0.1, -0.05) is 11.6 Å². The van der Waals surface area contributed by atoms with Crippen molar-refractivity contribution in [1.29, 1.82) is 0 Å². The zero-order valence-corrected chi connectivity index (χ0v) is 9.57. The smallest absolute Gasteiger partial charge is 0.110 e. The van der Waals surface area contributed by atoms with Crippen molar-refractivity contribution in [2.24, 2.45) is 0 Å². The summed E-state index contributed by atoms with van der Waals surface area (Å²) in [5, 5.41) is 3.48. The molecule has 3 heterocycles. The fourth-order valence-electron chi connectivity index (χ4n) is 1.99. The van der Waals surface area contributed by atoms with E-state index in [1.165, 1.54) is 10.4 Å². The van der Waals surface area contributed by atoms with Gasteiger partial charge in [0.05, 0.1) is 16.6 Å². The topological polar surface area (TPSA) is 25.2 Å². The van der Waals surface area contributed by atoms with E-state index in [2.05, 4.69) is 11.4 Å². The van der Waals surface area contributed by atoms with Gasteiger partial charge >= 0.3 is 0 Å². The van der Waals surface area contributed by atoms with Gasteiger partial charge in [0.1, 0.15) is 5.76 Å². The second-order valence-electron chi connectivity index (χ2n) is 3.58. The van der Waals surface area contributed by atoms with Gasteiger partial charge in [-0.2, -0.15) is 0 Å². The average Bonchev–Trinajstić information content (AvgIpc) is 2.84. The molecule has 0 spiro atoms. The molecular formula is C11H10ClNOS. The summed E-state index contributed by atoms with van der Waals surface area (Å²) >= 11 is 7.57. The van der Waals surface area contributed by atoms with Crippen molar-refractivity contribution < 1.29 is 4.42 Å². The minimum absolute atomic E-state index is 0.255. The number of fused-ring (bicyclic) bond motifs is 1. The summed E-state index contributed by atoms with van der Waals surface area (Å²) in [5.74, 6) is 1.10. The van der Waals surface area contributed by atoms with Crippen LogP contribution in [0.5, 0.6) is 0 Å². The van der Waals surface area contributed by atoms with Crippen molar-refractivity contribution in [3.05, 3.63) is 45.0 Å². The minimum atomic E-state index is 0.255. The van der Waals surface area contributed by atoms with Crippen LogP contribution in [0, 0.1) is 0 Å². The molecule has 0 aliphatic carbocycles. The molecular weight excluding hydrogens is 230 g/mol. The van der Waals surface area contributed by atoms with Crippen LogP contribution in [-0.4, -0.2) is 6.54 Å². The number of hydrogen-bond acceptors (Lipinski definition) is 3. The molecule has 2 nitrogen and oxygen atoms in total. The predicted molar refractivity (Wildman–Crippen MR) is 61.6 cm³/mol. The molecule has 0 fully saturated rings. The second kappa shape index (κ2) is 3.67. The highest BCUT2D eigenvalue weighted by Gasteiger charge is 2.24. The van der Waals surface area contributed by atoms with Crippen LogP contribution < -0.4 is 5.32 Å². The Bertz CT molecular complexity index is 476. The summed E-state index contributed by atoms with van der Waals surface area (Å²) in [6.45, 7) is 0.959. The van der Waals surface area contributed by atoms with Crippen LogP contribution in [0.15, 0.2) is 28.9 Å². The van der Waals surface area contributed by atoms with Gasteiger partial charge in [-0.3, -0.25) is 0 Å². The van der Waals surface area contributed by atoms with Gasteiger partial charge in [-0.15, -0.1) is 11.3 Å². The molecule has 4 heteroatoms. The maximum atomic E-state index is 5.95. The summed E-state index contributed by atoms with van der Waals surface area (Å²) in [5.41, 5.74) is 1.25. The van der Waals surface area contributed by atoms with Crippen molar-refractivity contribution >= 4 is 22.9 Å². The van der Waals surface area contributed by atoms with Crippen LogP contribution in [0.25, 0.3) is 0 Å². The lowest BCUT2D eigenvalue weighted by molar-refractivity contribution is 0.458. The van der Waals surface area contributed by atoms with Crippen molar-refractivity contribution in [2.75, 3.05) is 6.54 Å². The summed E-state index contributed by atoms with van der Waals surface area (Å²) in [6, 6.07) is 6.31. The van der Waals surface area contributed by atoms with Crippen LogP contribution in [0.4, 0.5) is 0 Å². The molecule has 0 saturated carbocycles. The standard InChI is InChI=1S/C11H10ClNOS/c12-10-2-1-9(15-10)11-7-4-6-14-8(7)3-5-13-11/h1-2,4,6,11,13H,3,5H2. The summed E-state index contributed by atoms with van der Waals surface area (Å²) in [7, 11) is 0. The molecule has 2 aromatic heterocycles. The predicted octanol–water partition coefficient (Wildman–Crippen LogP) is 3.23. The van der Waals surface area contributed by atoms with E-state index in [-0.39, 0.29) is 6.04 Å². The van der Waals surface area contributed by atoms with Crippen molar-refractivity contribution in [3.8, 4) is 0 Å². The highest BCUT2D eigenvalue weighted by Crippen LogP contribution is 2.34. The Morgan fingerprint density at radius 3 is 3.13 bits per heavy atom.